The lowest BCUT2D eigenvalue weighted by molar-refractivity contribution is 0.0576. The summed E-state index contributed by atoms with van der Waals surface area (Å²) in [5.74, 6) is 0.613. The molecule has 3 heterocycles. The lowest BCUT2D eigenvalue weighted by Gasteiger charge is -2.34. The van der Waals surface area contributed by atoms with E-state index in [2.05, 4.69) is 18.7 Å². The van der Waals surface area contributed by atoms with Gasteiger partial charge in [-0.05, 0) is 38.3 Å². The number of halogens is 1. The van der Waals surface area contributed by atoms with Crippen molar-refractivity contribution in [3.8, 4) is 16.9 Å². The van der Waals surface area contributed by atoms with Crippen LogP contribution in [0.1, 0.15) is 37.2 Å². The molecule has 0 unspecified atom stereocenters. The van der Waals surface area contributed by atoms with Crippen molar-refractivity contribution in [3.63, 3.8) is 0 Å². The molecule has 2 aliphatic heterocycles. The molecule has 38 heavy (non-hydrogen) atoms. The number of hydrogen-bond donors (Lipinski definition) is 0. The average Bonchev–Trinajstić information content (AvgIpc) is 3.31. The lowest BCUT2D eigenvalue weighted by atomic mass is 10.0. The molecular formula is C29H34ClN3O5. The van der Waals surface area contributed by atoms with Gasteiger partial charge in [-0.25, -0.2) is 4.79 Å². The first-order chi connectivity index (χ1) is 18.4. The molecule has 0 saturated carbocycles. The second-order valence-corrected chi connectivity index (χ2v) is 10.6. The Hall–Kier alpha value is -3.23. The maximum absolute atomic E-state index is 13.7. The fourth-order valence-corrected chi connectivity index (χ4v) is 5.49. The van der Waals surface area contributed by atoms with Gasteiger partial charge in [-0.3, -0.25) is 4.79 Å². The lowest BCUT2D eigenvalue weighted by Crippen LogP contribution is -2.50. The maximum Gasteiger partial charge on any atom is 0.409 e. The Labute approximate surface area is 228 Å². The van der Waals surface area contributed by atoms with Crippen molar-refractivity contribution in [1.29, 1.82) is 0 Å². The number of carbonyl (C=O) groups is 2. The average molecular weight is 540 g/mol. The van der Waals surface area contributed by atoms with Crippen molar-refractivity contribution in [3.05, 3.63) is 53.2 Å². The van der Waals surface area contributed by atoms with E-state index in [0.29, 0.717) is 54.1 Å². The number of piperazine rings is 1. The summed E-state index contributed by atoms with van der Waals surface area (Å²) in [7, 11) is 1.36. The molecule has 9 heteroatoms. The molecule has 8 nitrogen and oxygen atoms in total. The van der Waals surface area contributed by atoms with Crippen molar-refractivity contribution in [2.75, 3.05) is 46.4 Å². The second-order valence-electron chi connectivity index (χ2n) is 10.1. The van der Waals surface area contributed by atoms with E-state index in [-0.39, 0.29) is 23.9 Å². The molecule has 2 saturated heterocycles. The van der Waals surface area contributed by atoms with E-state index < -0.39 is 0 Å². The van der Waals surface area contributed by atoms with E-state index in [0.717, 1.165) is 36.9 Å². The van der Waals surface area contributed by atoms with Crippen molar-refractivity contribution < 1.29 is 23.5 Å². The van der Waals surface area contributed by atoms with Crippen LogP contribution in [0.4, 0.5) is 4.79 Å². The number of carbonyl (C=O) groups excluding carboxylic acids is 2. The van der Waals surface area contributed by atoms with Gasteiger partial charge in [0.2, 0.25) is 5.76 Å². The molecule has 3 aromatic rings. The van der Waals surface area contributed by atoms with Crippen LogP contribution in [-0.2, 0) is 4.74 Å². The summed E-state index contributed by atoms with van der Waals surface area (Å²) in [5.41, 5.74) is 2.13. The topological polar surface area (TPSA) is 75.5 Å². The van der Waals surface area contributed by atoms with Crippen LogP contribution in [0.25, 0.3) is 22.1 Å². The van der Waals surface area contributed by atoms with Crippen molar-refractivity contribution >= 4 is 34.6 Å². The molecule has 5 rings (SSSR count). The molecule has 0 atom stereocenters. The summed E-state index contributed by atoms with van der Waals surface area (Å²) in [6, 6.07) is 13.9. The van der Waals surface area contributed by atoms with Crippen LogP contribution in [0.15, 0.2) is 46.9 Å². The van der Waals surface area contributed by atoms with E-state index in [4.69, 9.17) is 25.5 Å². The largest absolute Gasteiger partial charge is 0.489 e. The fourth-order valence-electron chi connectivity index (χ4n) is 5.28. The van der Waals surface area contributed by atoms with Gasteiger partial charge in [0.05, 0.1) is 12.1 Å². The number of methoxy groups -OCH3 is 1. The maximum atomic E-state index is 13.7. The number of likely N-dealkylation sites (tertiary alicyclic amines) is 1. The predicted molar refractivity (Wildman–Crippen MR) is 147 cm³/mol. The number of fused-ring (bicyclic) bond motifs is 1. The van der Waals surface area contributed by atoms with Gasteiger partial charge in [-0.15, -0.1) is 0 Å². The molecule has 2 fully saturated rings. The Bertz CT molecular complexity index is 1290. The van der Waals surface area contributed by atoms with E-state index in [1.165, 1.54) is 7.11 Å². The molecule has 0 radical (unpaired) electrons. The minimum Gasteiger partial charge on any atom is -0.489 e. The zero-order chi connectivity index (χ0) is 26.8. The fraction of sp³-hybridized carbons (Fsp3) is 0.448. The number of furan rings is 1. The minimum absolute atomic E-state index is 0.0794. The molecular weight excluding hydrogens is 506 g/mol. The first kappa shape index (κ1) is 26.4. The zero-order valence-electron chi connectivity index (χ0n) is 22.1. The Morgan fingerprint density at radius 3 is 2.26 bits per heavy atom. The molecule has 0 spiro atoms. The zero-order valence-corrected chi connectivity index (χ0v) is 22.9. The normalized spacial score (nSPS) is 17.3. The van der Waals surface area contributed by atoms with Crippen LogP contribution in [0.3, 0.4) is 0 Å². The smallest absolute Gasteiger partial charge is 0.409 e. The molecule has 0 N–H and O–H groups in total. The van der Waals surface area contributed by atoms with Gasteiger partial charge >= 0.3 is 6.09 Å². The first-order valence-electron chi connectivity index (χ1n) is 13.2. The van der Waals surface area contributed by atoms with Gasteiger partial charge in [0, 0.05) is 62.3 Å². The third kappa shape index (κ3) is 5.33. The molecule has 202 valence electrons. The van der Waals surface area contributed by atoms with Gasteiger partial charge in [-0.1, -0.05) is 41.9 Å². The highest BCUT2D eigenvalue weighted by Crippen LogP contribution is 2.41. The number of rotatable bonds is 5. The van der Waals surface area contributed by atoms with Gasteiger partial charge in [0.1, 0.15) is 17.4 Å². The summed E-state index contributed by atoms with van der Waals surface area (Å²) in [4.78, 5) is 31.3. The molecule has 1 aromatic heterocycles. The quantitative estimate of drug-likeness (QED) is 0.424. The van der Waals surface area contributed by atoms with Crippen LogP contribution in [0, 0.1) is 0 Å². The van der Waals surface area contributed by atoms with Gasteiger partial charge < -0.3 is 28.6 Å². The summed E-state index contributed by atoms with van der Waals surface area (Å²) in [6.07, 6.45) is 1.56. The molecule has 0 aliphatic carbocycles. The van der Waals surface area contributed by atoms with Gasteiger partial charge in [-0.2, -0.15) is 0 Å². The summed E-state index contributed by atoms with van der Waals surface area (Å²) in [6.45, 7) is 7.99. The Kier molecular flexibility index (Phi) is 7.81. The molecule has 2 amide bonds. The van der Waals surface area contributed by atoms with Crippen molar-refractivity contribution in [2.24, 2.45) is 0 Å². The third-order valence-electron chi connectivity index (χ3n) is 7.50. The summed E-state index contributed by atoms with van der Waals surface area (Å²) in [5, 5.41) is 1.26. The third-order valence-corrected chi connectivity index (χ3v) is 7.79. The molecule has 2 aromatic carbocycles. The minimum atomic E-state index is -0.386. The highest BCUT2D eigenvalue weighted by atomic mass is 35.5. The number of amides is 2. The van der Waals surface area contributed by atoms with Crippen LogP contribution < -0.4 is 4.74 Å². The van der Waals surface area contributed by atoms with E-state index in [9.17, 15) is 9.59 Å². The Morgan fingerprint density at radius 1 is 0.974 bits per heavy atom. The van der Waals surface area contributed by atoms with E-state index in [1.807, 2.05) is 42.5 Å². The van der Waals surface area contributed by atoms with Gasteiger partial charge in [0.15, 0.2) is 0 Å². The SMILES string of the molecule is COC(=O)N1CCN(C(=O)c2oc3cc(OC4CCN(C(C)C)CC4)c(Cl)cc3c2-c2ccccc2)CC1. The summed E-state index contributed by atoms with van der Waals surface area (Å²) >= 11 is 6.74. The van der Waals surface area contributed by atoms with Crippen molar-refractivity contribution in [1.82, 2.24) is 14.7 Å². The first-order valence-corrected chi connectivity index (χ1v) is 13.6. The van der Waals surface area contributed by atoms with E-state index >= 15 is 0 Å². The Morgan fingerprint density at radius 2 is 1.63 bits per heavy atom. The Balaban J connectivity index is 1.44. The number of benzene rings is 2. The number of piperidine rings is 1. The highest BCUT2D eigenvalue weighted by molar-refractivity contribution is 6.33. The van der Waals surface area contributed by atoms with Crippen LogP contribution in [0.2, 0.25) is 5.02 Å². The van der Waals surface area contributed by atoms with Crippen LogP contribution in [0.5, 0.6) is 5.75 Å². The van der Waals surface area contributed by atoms with Gasteiger partial charge in [0.25, 0.3) is 5.91 Å². The predicted octanol–water partition coefficient (Wildman–Crippen LogP) is 5.53. The monoisotopic (exact) mass is 539 g/mol. The van der Waals surface area contributed by atoms with Crippen LogP contribution in [-0.4, -0.2) is 85.2 Å². The second kappa shape index (κ2) is 11.3. The number of nitrogens with zero attached hydrogens (tertiary/aromatic N) is 3. The molecule has 0 bridgehead atoms. The highest BCUT2D eigenvalue weighted by Gasteiger charge is 2.31. The standard InChI is InChI=1S/C29H34ClN3O5/c1-19(2)31-11-9-21(10-12-31)37-25-18-24-22(17-23(25)30)26(20-7-5-4-6-8-20)27(38-24)28(34)32-13-15-33(16-14-32)29(35)36-3/h4-8,17-19,21H,9-16H2,1-3H3. The summed E-state index contributed by atoms with van der Waals surface area (Å²) < 4.78 is 17.4. The number of ether oxygens (including phenoxy) is 2. The van der Waals surface area contributed by atoms with Crippen LogP contribution >= 0.6 is 11.6 Å². The van der Waals surface area contributed by atoms with E-state index in [1.54, 1.807) is 9.80 Å². The van der Waals surface area contributed by atoms with Crippen molar-refractivity contribution in [2.45, 2.75) is 38.8 Å². The molecule has 2 aliphatic rings. The number of hydrogen-bond acceptors (Lipinski definition) is 6.